The SMILES string of the molecule is COc1cccc(C(=O)N2CC[NH+](C(c3ccc(F)cc3)c3ccc(F)cc3)CC2)c1. The van der Waals surface area contributed by atoms with E-state index in [1.807, 2.05) is 17.0 Å². The smallest absolute Gasteiger partial charge is 0.254 e. The van der Waals surface area contributed by atoms with Crippen LogP contribution >= 0.6 is 0 Å². The molecule has 3 aromatic rings. The highest BCUT2D eigenvalue weighted by atomic mass is 19.1. The van der Waals surface area contributed by atoms with Crippen molar-refractivity contribution in [3.63, 3.8) is 0 Å². The number of piperazine rings is 1. The van der Waals surface area contributed by atoms with Crippen molar-refractivity contribution in [2.24, 2.45) is 0 Å². The summed E-state index contributed by atoms with van der Waals surface area (Å²) < 4.78 is 32.2. The number of quaternary nitrogens is 1. The number of halogens is 2. The monoisotopic (exact) mass is 423 g/mol. The van der Waals surface area contributed by atoms with Gasteiger partial charge in [0.25, 0.3) is 5.91 Å². The lowest BCUT2D eigenvalue weighted by atomic mass is 9.96. The van der Waals surface area contributed by atoms with Gasteiger partial charge in [0.15, 0.2) is 0 Å². The van der Waals surface area contributed by atoms with E-state index in [9.17, 15) is 13.6 Å². The Hall–Kier alpha value is -3.25. The van der Waals surface area contributed by atoms with Crippen molar-refractivity contribution in [2.75, 3.05) is 33.3 Å². The molecule has 31 heavy (non-hydrogen) atoms. The maximum atomic E-state index is 13.5. The van der Waals surface area contributed by atoms with Crippen LogP contribution in [0.5, 0.6) is 5.75 Å². The molecule has 0 aromatic heterocycles. The van der Waals surface area contributed by atoms with E-state index >= 15 is 0 Å². The Kier molecular flexibility index (Phi) is 6.28. The summed E-state index contributed by atoms with van der Waals surface area (Å²) in [6.07, 6.45) is 0. The number of carbonyl (C=O) groups excluding carboxylic acids is 1. The van der Waals surface area contributed by atoms with Crippen molar-refractivity contribution in [2.45, 2.75) is 6.04 Å². The number of nitrogens with zero attached hydrogens (tertiary/aromatic N) is 1. The number of nitrogens with one attached hydrogen (secondary N) is 1. The van der Waals surface area contributed by atoms with Gasteiger partial charge in [-0.25, -0.2) is 8.78 Å². The molecule has 0 atom stereocenters. The molecule has 4 rings (SSSR count). The third-order valence-electron chi connectivity index (χ3n) is 5.82. The number of hydrogen-bond donors (Lipinski definition) is 1. The second-order valence-electron chi connectivity index (χ2n) is 7.72. The van der Waals surface area contributed by atoms with Gasteiger partial charge in [0.05, 0.1) is 33.3 Å². The van der Waals surface area contributed by atoms with Gasteiger partial charge in [-0.05, 0) is 66.7 Å². The molecular formula is C25H25F2N2O2+. The molecule has 6 heteroatoms. The summed E-state index contributed by atoms with van der Waals surface area (Å²) in [5.74, 6) is 0.0662. The first-order valence-electron chi connectivity index (χ1n) is 10.3. The predicted octanol–water partition coefficient (Wildman–Crippen LogP) is 3.10. The zero-order chi connectivity index (χ0) is 21.8. The minimum atomic E-state index is -0.287. The molecule has 1 aliphatic heterocycles. The molecule has 160 valence electrons. The molecule has 0 bridgehead atoms. The summed E-state index contributed by atoms with van der Waals surface area (Å²) >= 11 is 0. The van der Waals surface area contributed by atoms with Gasteiger partial charge >= 0.3 is 0 Å². The minimum absolute atomic E-state index is 0.0157. The highest BCUT2D eigenvalue weighted by molar-refractivity contribution is 5.94. The van der Waals surface area contributed by atoms with Crippen LogP contribution in [0.4, 0.5) is 8.78 Å². The van der Waals surface area contributed by atoms with Gasteiger partial charge in [-0.3, -0.25) is 4.79 Å². The predicted molar refractivity (Wildman–Crippen MR) is 114 cm³/mol. The number of benzene rings is 3. The van der Waals surface area contributed by atoms with Crippen LogP contribution in [0.1, 0.15) is 27.5 Å². The van der Waals surface area contributed by atoms with E-state index in [-0.39, 0.29) is 23.6 Å². The number of carbonyl (C=O) groups is 1. The van der Waals surface area contributed by atoms with E-state index in [2.05, 4.69) is 0 Å². The van der Waals surface area contributed by atoms with Crippen molar-refractivity contribution < 1.29 is 23.2 Å². The van der Waals surface area contributed by atoms with Crippen LogP contribution in [0.3, 0.4) is 0 Å². The van der Waals surface area contributed by atoms with Crippen molar-refractivity contribution in [3.05, 3.63) is 101 Å². The van der Waals surface area contributed by atoms with Crippen LogP contribution in [-0.2, 0) is 0 Å². The van der Waals surface area contributed by atoms with E-state index in [1.165, 1.54) is 29.2 Å². The first kappa shape index (κ1) is 21.0. The van der Waals surface area contributed by atoms with Crippen molar-refractivity contribution >= 4 is 5.91 Å². The van der Waals surface area contributed by atoms with Crippen LogP contribution in [0.2, 0.25) is 0 Å². The van der Waals surface area contributed by atoms with E-state index in [0.29, 0.717) is 24.4 Å². The zero-order valence-electron chi connectivity index (χ0n) is 17.4. The Balaban J connectivity index is 1.52. The number of amides is 1. The maximum absolute atomic E-state index is 13.5. The summed E-state index contributed by atoms with van der Waals surface area (Å²) in [5.41, 5.74) is 2.54. The molecule has 0 radical (unpaired) electrons. The van der Waals surface area contributed by atoms with Gasteiger partial charge in [0.2, 0.25) is 0 Å². The van der Waals surface area contributed by atoms with E-state index in [4.69, 9.17) is 4.74 Å². The first-order valence-corrected chi connectivity index (χ1v) is 10.3. The molecule has 1 saturated heterocycles. The molecular weight excluding hydrogens is 398 g/mol. The quantitative estimate of drug-likeness (QED) is 0.684. The molecule has 0 spiro atoms. The van der Waals surface area contributed by atoms with Crippen molar-refractivity contribution in [3.8, 4) is 5.75 Å². The fourth-order valence-electron chi connectivity index (χ4n) is 4.20. The highest BCUT2D eigenvalue weighted by Gasteiger charge is 2.32. The number of hydrogen-bond acceptors (Lipinski definition) is 2. The van der Waals surface area contributed by atoms with Crippen LogP contribution in [-0.4, -0.2) is 44.1 Å². The van der Waals surface area contributed by atoms with Crippen LogP contribution in [0.15, 0.2) is 72.8 Å². The summed E-state index contributed by atoms with van der Waals surface area (Å²) in [5, 5.41) is 0. The zero-order valence-corrected chi connectivity index (χ0v) is 17.4. The lowest BCUT2D eigenvalue weighted by Crippen LogP contribution is -3.15. The van der Waals surface area contributed by atoms with E-state index in [1.54, 1.807) is 43.5 Å². The topological polar surface area (TPSA) is 34.0 Å². The van der Waals surface area contributed by atoms with E-state index in [0.717, 1.165) is 24.2 Å². The molecule has 0 unspecified atom stereocenters. The lowest BCUT2D eigenvalue weighted by molar-refractivity contribution is -0.929. The molecule has 4 nitrogen and oxygen atoms in total. The van der Waals surface area contributed by atoms with Crippen LogP contribution in [0, 0.1) is 11.6 Å². The largest absolute Gasteiger partial charge is 0.497 e. The van der Waals surface area contributed by atoms with Gasteiger partial charge in [-0.15, -0.1) is 0 Å². The number of methoxy groups -OCH3 is 1. The maximum Gasteiger partial charge on any atom is 0.254 e. The van der Waals surface area contributed by atoms with Crippen molar-refractivity contribution in [1.29, 1.82) is 0 Å². The van der Waals surface area contributed by atoms with Crippen molar-refractivity contribution in [1.82, 2.24) is 4.90 Å². The van der Waals surface area contributed by atoms with Gasteiger partial charge in [-0.1, -0.05) is 6.07 Å². The molecule has 1 amide bonds. The molecule has 1 heterocycles. The molecule has 1 N–H and O–H groups in total. The summed E-state index contributed by atoms with van der Waals surface area (Å²) in [4.78, 5) is 16.0. The van der Waals surface area contributed by atoms with Gasteiger partial charge in [0, 0.05) is 16.7 Å². The van der Waals surface area contributed by atoms with E-state index < -0.39 is 0 Å². The number of ether oxygens (including phenoxy) is 1. The van der Waals surface area contributed by atoms with Gasteiger partial charge in [0.1, 0.15) is 23.4 Å². The Morgan fingerprint density at radius 3 is 1.97 bits per heavy atom. The molecule has 0 aliphatic carbocycles. The minimum Gasteiger partial charge on any atom is -0.497 e. The van der Waals surface area contributed by atoms with Gasteiger partial charge < -0.3 is 14.5 Å². The van der Waals surface area contributed by atoms with Crippen LogP contribution < -0.4 is 9.64 Å². The van der Waals surface area contributed by atoms with Gasteiger partial charge in [-0.2, -0.15) is 0 Å². The van der Waals surface area contributed by atoms with Crippen LogP contribution in [0.25, 0.3) is 0 Å². The fourth-order valence-corrected chi connectivity index (χ4v) is 4.20. The standard InChI is InChI=1S/C25H24F2N2O2/c1-31-23-4-2-3-20(17-23)25(30)29-15-13-28(14-16-29)24(18-5-9-21(26)10-6-18)19-7-11-22(27)12-8-19/h2-12,17,24H,13-16H2,1H3/p+1. The Morgan fingerprint density at radius 2 is 1.45 bits per heavy atom. The Labute approximate surface area is 180 Å². The Morgan fingerprint density at radius 1 is 0.903 bits per heavy atom. The average Bonchev–Trinajstić information content (AvgIpc) is 2.82. The fraction of sp³-hybridized carbons (Fsp3) is 0.240. The average molecular weight is 423 g/mol. The third-order valence-corrected chi connectivity index (χ3v) is 5.82. The first-order chi connectivity index (χ1) is 15.0. The molecule has 0 saturated carbocycles. The highest BCUT2D eigenvalue weighted by Crippen LogP contribution is 2.21. The second kappa shape index (κ2) is 9.27. The third kappa shape index (κ3) is 4.75. The normalized spacial score (nSPS) is 14.6. The lowest BCUT2D eigenvalue weighted by Gasteiger charge is -2.37. The summed E-state index contributed by atoms with van der Waals surface area (Å²) in [6.45, 7) is 2.67. The number of rotatable bonds is 5. The Bertz CT molecular complexity index is 985. The summed E-state index contributed by atoms with van der Waals surface area (Å²) in [7, 11) is 1.58. The second-order valence-corrected chi connectivity index (χ2v) is 7.72. The summed E-state index contributed by atoms with van der Waals surface area (Å²) in [6, 6.07) is 20.0. The molecule has 3 aromatic carbocycles. The molecule has 1 fully saturated rings. The molecule has 1 aliphatic rings.